The van der Waals surface area contributed by atoms with Crippen LogP contribution in [0.4, 0.5) is 0 Å². The van der Waals surface area contributed by atoms with Crippen molar-refractivity contribution in [2.24, 2.45) is 0 Å². The van der Waals surface area contributed by atoms with Gasteiger partial charge in [-0.15, -0.1) is 0 Å². The molecule has 0 saturated heterocycles. The van der Waals surface area contributed by atoms with E-state index >= 15 is 0 Å². The molecule has 13 heteroatoms. The molecule has 0 aromatic heterocycles. The summed E-state index contributed by atoms with van der Waals surface area (Å²) in [7, 11) is 0. The van der Waals surface area contributed by atoms with Gasteiger partial charge in [-0.3, -0.25) is 29.0 Å². The summed E-state index contributed by atoms with van der Waals surface area (Å²) in [6, 6.07) is -0.636. The largest absolute Gasteiger partial charge is 0.271 e. The molecule has 256 valence electrons. The smallest absolute Gasteiger partial charge is 0.263 e. The number of rotatable bonds is 2. The van der Waals surface area contributed by atoms with E-state index in [9.17, 15) is 19.2 Å². The van der Waals surface area contributed by atoms with E-state index in [1.807, 2.05) is 0 Å². The van der Waals surface area contributed by atoms with Crippen molar-refractivity contribution in [1.29, 1.82) is 0 Å². The minimum absolute atomic E-state index is 0.00165. The van der Waals surface area contributed by atoms with E-state index < -0.39 is 23.6 Å². The van der Waals surface area contributed by atoms with E-state index in [-0.39, 0.29) is 91.0 Å². The van der Waals surface area contributed by atoms with Crippen molar-refractivity contribution < 1.29 is 19.2 Å². The summed E-state index contributed by atoms with van der Waals surface area (Å²) in [5.74, 6) is -2.14. The maximum atomic E-state index is 14.5. The van der Waals surface area contributed by atoms with Crippen molar-refractivity contribution in [3.8, 4) is 0 Å². The van der Waals surface area contributed by atoms with Gasteiger partial charge in [0.1, 0.15) is 0 Å². The molecule has 0 spiro atoms. The van der Waals surface area contributed by atoms with Gasteiger partial charge in [-0.25, -0.2) is 0 Å². The highest BCUT2D eigenvalue weighted by molar-refractivity contribution is 6.62. The minimum atomic E-state index is -0.571. The quantitative estimate of drug-likeness (QED) is 0.101. The molecule has 6 nitrogen and oxygen atoms in total. The molecular formula is C37H25Cl7N2O4. The topological polar surface area (TPSA) is 74.8 Å². The van der Waals surface area contributed by atoms with E-state index in [1.165, 1.54) is 9.80 Å². The molecule has 5 aromatic rings. The summed E-state index contributed by atoms with van der Waals surface area (Å²) in [5.41, 5.74) is 0.805. The van der Waals surface area contributed by atoms with E-state index in [2.05, 4.69) is 0 Å². The van der Waals surface area contributed by atoms with Gasteiger partial charge in [0.25, 0.3) is 23.6 Å². The van der Waals surface area contributed by atoms with E-state index in [4.69, 9.17) is 81.2 Å². The lowest BCUT2D eigenvalue weighted by Crippen LogP contribution is -2.48. The van der Waals surface area contributed by atoms with Crippen LogP contribution in [0.3, 0.4) is 0 Å². The molecule has 5 aromatic carbocycles. The number of hydrogen-bond acceptors (Lipinski definition) is 4. The van der Waals surface area contributed by atoms with Gasteiger partial charge in [0, 0.05) is 55.2 Å². The molecule has 0 bridgehead atoms. The monoisotopic (exact) mass is 806 g/mol. The van der Waals surface area contributed by atoms with Gasteiger partial charge in [0.15, 0.2) is 0 Å². The Morgan fingerprint density at radius 1 is 0.380 bits per heavy atom. The van der Waals surface area contributed by atoms with Crippen LogP contribution >= 0.6 is 81.2 Å². The fourth-order valence-electron chi connectivity index (χ4n) is 9.23. The minimum Gasteiger partial charge on any atom is -0.271 e. The lowest BCUT2D eigenvalue weighted by molar-refractivity contribution is 0.0487. The standard InChI is InChI=1S/C37H25Cl7N2O4/c1-12-15-16-17-20(27(12)38)21-18-19-25(32(43)28(21)39)36(49)46(14-10-6-3-7-11-14)37(50)26(19)33(44)30(41)23(18)22(17)29(40)31(42)24(16)35(48)45(34(15)47)13-8-4-2-5-9-13/h13-14H,2-11H2,1H3. The van der Waals surface area contributed by atoms with E-state index in [1.54, 1.807) is 6.92 Å². The highest BCUT2D eigenvalue weighted by atomic mass is 35.5. The number of fused-ring (bicyclic) bond motifs is 2. The highest BCUT2D eigenvalue weighted by Gasteiger charge is 2.46. The molecular weight excluding hydrogens is 785 g/mol. The van der Waals surface area contributed by atoms with Crippen LogP contribution in [-0.4, -0.2) is 45.5 Å². The number of amides is 4. The molecule has 9 rings (SSSR count). The van der Waals surface area contributed by atoms with Crippen molar-refractivity contribution in [1.82, 2.24) is 9.80 Å². The average Bonchev–Trinajstić information content (AvgIpc) is 3.10. The Balaban J connectivity index is 1.48. The third-order valence-corrected chi connectivity index (χ3v) is 14.5. The predicted molar refractivity (Wildman–Crippen MR) is 202 cm³/mol. The average molecular weight is 810 g/mol. The summed E-state index contributed by atoms with van der Waals surface area (Å²) in [5, 5.41) is 2.19. The number of halogens is 7. The Labute approximate surface area is 321 Å². The summed E-state index contributed by atoms with van der Waals surface area (Å²) >= 11 is 50.1. The normalized spacial score (nSPS) is 19.1. The van der Waals surface area contributed by atoms with Crippen LogP contribution in [0.15, 0.2) is 0 Å². The maximum Gasteiger partial charge on any atom is 0.263 e. The molecule has 2 saturated carbocycles. The summed E-state index contributed by atoms with van der Waals surface area (Å²) in [6.45, 7) is 1.71. The first-order valence-corrected chi connectivity index (χ1v) is 19.3. The molecule has 2 fully saturated rings. The molecule has 0 unspecified atom stereocenters. The molecule has 50 heavy (non-hydrogen) atoms. The van der Waals surface area contributed by atoms with Crippen LogP contribution in [0.2, 0.25) is 35.2 Å². The van der Waals surface area contributed by atoms with Crippen molar-refractivity contribution in [3.63, 3.8) is 0 Å². The molecule has 4 aliphatic rings. The third-order valence-electron chi connectivity index (χ3n) is 11.4. The summed E-state index contributed by atoms with van der Waals surface area (Å²) in [6.07, 6.45) is 8.24. The van der Waals surface area contributed by atoms with Crippen molar-refractivity contribution >= 4 is 148 Å². The SMILES string of the molecule is Cc1c2c3c(c(Cl)c(Cl)c4c5c(Cl)c(Cl)c6c7c(c(Cl)c(Cl)c(c(c1Cl)c34)c75)C(=O)N(C1CCCCC1)C6=O)C(=O)N(C1CCCCC1)C2=O. The van der Waals surface area contributed by atoms with Crippen LogP contribution in [0.25, 0.3) is 43.1 Å². The van der Waals surface area contributed by atoms with Gasteiger partial charge in [-0.05, 0) is 38.2 Å². The summed E-state index contributed by atoms with van der Waals surface area (Å²) in [4.78, 5) is 60.2. The van der Waals surface area contributed by atoms with Crippen molar-refractivity contribution in [3.05, 3.63) is 63.0 Å². The number of hydrogen-bond donors (Lipinski definition) is 0. The fraction of sp³-hybridized carbons (Fsp3) is 0.351. The van der Waals surface area contributed by atoms with Crippen LogP contribution in [0, 0.1) is 6.92 Å². The van der Waals surface area contributed by atoms with Crippen LogP contribution in [0.1, 0.15) is 111 Å². The van der Waals surface area contributed by atoms with Gasteiger partial charge in [0.2, 0.25) is 0 Å². The predicted octanol–water partition coefficient (Wildman–Crippen LogP) is 12.5. The number of carbonyl (C=O) groups excluding carboxylic acids is 4. The first kappa shape index (κ1) is 33.5. The van der Waals surface area contributed by atoms with E-state index in [0.29, 0.717) is 52.8 Å². The number of benzene rings is 5. The van der Waals surface area contributed by atoms with Gasteiger partial charge >= 0.3 is 0 Å². The second-order valence-electron chi connectivity index (χ2n) is 13.9. The van der Waals surface area contributed by atoms with Gasteiger partial charge in [-0.1, -0.05) is 120 Å². The van der Waals surface area contributed by atoms with Crippen molar-refractivity contribution in [2.75, 3.05) is 0 Å². The number of imide groups is 2. The lowest BCUT2D eigenvalue weighted by Gasteiger charge is -2.38. The molecule has 2 heterocycles. The Hall–Kier alpha value is -2.29. The maximum absolute atomic E-state index is 14.5. The molecule has 0 radical (unpaired) electrons. The Morgan fingerprint density at radius 3 is 1.04 bits per heavy atom. The third kappa shape index (κ3) is 4.08. The molecule has 0 N–H and O–H groups in total. The Bertz CT molecular complexity index is 2170. The summed E-state index contributed by atoms with van der Waals surface area (Å²) < 4.78 is 0. The Kier molecular flexibility index (Phi) is 7.78. The van der Waals surface area contributed by atoms with Crippen LogP contribution in [-0.2, 0) is 0 Å². The molecule has 2 aliphatic carbocycles. The van der Waals surface area contributed by atoms with E-state index in [0.717, 1.165) is 38.5 Å². The highest BCUT2D eigenvalue weighted by Crippen LogP contribution is 2.59. The zero-order chi connectivity index (χ0) is 35.2. The van der Waals surface area contributed by atoms with Crippen LogP contribution < -0.4 is 0 Å². The molecule has 2 aliphatic heterocycles. The zero-order valence-electron chi connectivity index (χ0n) is 26.4. The van der Waals surface area contributed by atoms with Gasteiger partial charge in [0.05, 0.1) is 57.4 Å². The lowest BCUT2D eigenvalue weighted by atomic mass is 9.79. The second kappa shape index (κ2) is 11.6. The number of nitrogens with zero attached hydrogens (tertiary/aromatic N) is 2. The first-order chi connectivity index (χ1) is 23.9. The number of carbonyl (C=O) groups is 4. The van der Waals surface area contributed by atoms with Crippen LogP contribution in [0.5, 0.6) is 0 Å². The zero-order valence-corrected chi connectivity index (χ0v) is 31.7. The molecule has 0 atom stereocenters. The first-order valence-electron chi connectivity index (χ1n) is 16.7. The van der Waals surface area contributed by atoms with Gasteiger partial charge in [-0.2, -0.15) is 0 Å². The second-order valence-corrected chi connectivity index (χ2v) is 16.5. The van der Waals surface area contributed by atoms with Gasteiger partial charge < -0.3 is 0 Å². The van der Waals surface area contributed by atoms with Crippen molar-refractivity contribution in [2.45, 2.75) is 83.2 Å². The molecule has 4 amide bonds. The fourth-order valence-corrected chi connectivity index (χ4v) is 11.2. The Morgan fingerprint density at radius 2 is 0.680 bits per heavy atom.